The highest BCUT2D eigenvalue weighted by atomic mass is 32.2. The number of nitrogens with zero attached hydrogens (tertiary/aromatic N) is 2. The Balaban J connectivity index is 1.35. The molecule has 2 heterocycles. The Morgan fingerprint density at radius 2 is 1.88 bits per heavy atom. The van der Waals surface area contributed by atoms with Gasteiger partial charge in [0.1, 0.15) is 16.9 Å². The number of rotatable bonds is 8. The molecule has 0 atom stereocenters. The maximum absolute atomic E-state index is 13.0. The molecule has 3 aromatic rings. The Hall–Kier alpha value is -3.06. The highest BCUT2D eigenvalue weighted by Gasteiger charge is 2.25. The standard InChI is InChI=1S/C25H24FN3O3S2/c26-19-8-10-20(11-9-19)34(31,32)14-4-7-24(30)28-25-22(15-27)21-12-13-29(17-23(21)33-25)16-18-5-2-1-3-6-18/h1-3,5-6,8-11H,4,7,12-14,16-17H2,(H,28,30). The van der Waals surface area contributed by atoms with E-state index in [0.29, 0.717) is 10.6 Å². The van der Waals surface area contributed by atoms with Crippen molar-refractivity contribution in [1.82, 2.24) is 4.90 Å². The smallest absolute Gasteiger partial charge is 0.225 e. The van der Waals surface area contributed by atoms with Gasteiger partial charge < -0.3 is 5.32 Å². The van der Waals surface area contributed by atoms with E-state index < -0.39 is 15.7 Å². The molecule has 0 fully saturated rings. The van der Waals surface area contributed by atoms with Crippen molar-refractivity contribution in [2.45, 2.75) is 37.2 Å². The van der Waals surface area contributed by atoms with E-state index in [-0.39, 0.29) is 29.4 Å². The van der Waals surface area contributed by atoms with Crippen molar-refractivity contribution in [1.29, 1.82) is 5.26 Å². The van der Waals surface area contributed by atoms with E-state index >= 15 is 0 Å². The first kappa shape index (κ1) is 24.1. The first-order valence-corrected chi connectivity index (χ1v) is 13.4. The van der Waals surface area contributed by atoms with Gasteiger partial charge >= 0.3 is 0 Å². The fourth-order valence-electron chi connectivity index (χ4n) is 4.01. The number of sulfone groups is 1. The molecule has 1 aliphatic heterocycles. The maximum atomic E-state index is 13.0. The molecule has 0 saturated heterocycles. The van der Waals surface area contributed by atoms with Crippen molar-refractivity contribution in [3.05, 3.63) is 82.0 Å². The Morgan fingerprint density at radius 3 is 2.59 bits per heavy atom. The number of anilines is 1. The first-order valence-electron chi connectivity index (χ1n) is 10.9. The van der Waals surface area contributed by atoms with Crippen LogP contribution in [0.4, 0.5) is 9.39 Å². The van der Waals surface area contributed by atoms with Crippen molar-refractivity contribution in [2.75, 3.05) is 17.6 Å². The van der Waals surface area contributed by atoms with Crippen molar-refractivity contribution >= 4 is 32.1 Å². The van der Waals surface area contributed by atoms with Gasteiger partial charge in [0.2, 0.25) is 5.91 Å². The lowest BCUT2D eigenvalue weighted by molar-refractivity contribution is -0.116. The van der Waals surface area contributed by atoms with Crippen molar-refractivity contribution in [3.8, 4) is 6.07 Å². The van der Waals surface area contributed by atoms with E-state index in [1.54, 1.807) is 0 Å². The van der Waals surface area contributed by atoms with E-state index in [0.717, 1.165) is 48.6 Å². The Kier molecular flexibility index (Phi) is 7.41. The molecule has 1 amide bonds. The van der Waals surface area contributed by atoms with Crippen LogP contribution in [0.5, 0.6) is 0 Å². The number of nitriles is 1. The Bertz CT molecular complexity index is 1310. The summed E-state index contributed by atoms with van der Waals surface area (Å²) in [7, 11) is -3.59. The number of hydrogen-bond donors (Lipinski definition) is 1. The van der Waals surface area contributed by atoms with E-state index in [9.17, 15) is 22.9 Å². The molecule has 6 nitrogen and oxygen atoms in total. The second kappa shape index (κ2) is 10.5. The average Bonchev–Trinajstić information content (AvgIpc) is 3.15. The lowest BCUT2D eigenvalue weighted by Crippen LogP contribution is -2.29. The van der Waals surface area contributed by atoms with Gasteiger partial charge in [0.15, 0.2) is 9.84 Å². The normalized spacial score (nSPS) is 13.8. The second-order valence-electron chi connectivity index (χ2n) is 8.19. The molecule has 1 aliphatic rings. The van der Waals surface area contributed by atoms with Crippen LogP contribution in [0.3, 0.4) is 0 Å². The minimum Gasteiger partial charge on any atom is -0.317 e. The molecule has 34 heavy (non-hydrogen) atoms. The molecule has 0 saturated carbocycles. The van der Waals surface area contributed by atoms with E-state index in [4.69, 9.17) is 0 Å². The van der Waals surface area contributed by atoms with Gasteiger partial charge in [-0.15, -0.1) is 11.3 Å². The number of nitrogens with one attached hydrogen (secondary N) is 1. The minimum absolute atomic E-state index is 0.00793. The monoisotopic (exact) mass is 497 g/mol. The molecule has 0 aliphatic carbocycles. The summed E-state index contributed by atoms with van der Waals surface area (Å²) in [5.41, 5.74) is 2.73. The van der Waals surface area contributed by atoms with Gasteiger partial charge in [-0.05, 0) is 48.2 Å². The SMILES string of the molecule is N#Cc1c(NC(=O)CCCS(=O)(=O)c2ccc(F)cc2)sc2c1CCN(Cc1ccccc1)C2. The molecule has 0 bridgehead atoms. The molecule has 0 unspecified atom stereocenters. The van der Waals surface area contributed by atoms with Crippen LogP contribution in [0.15, 0.2) is 59.5 Å². The lowest BCUT2D eigenvalue weighted by Gasteiger charge is -2.26. The van der Waals surface area contributed by atoms with Crippen LogP contribution < -0.4 is 5.32 Å². The molecule has 2 aromatic carbocycles. The van der Waals surface area contributed by atoms with E-state index in [1.807, 2.05) is 18.2 Å². The predicted molar refractivity (Wildman–Crippen MR) is 130 cm³/mol. The molecule has 1 aromatic heterocycles. The van der Waals surface area contributed by atoms with Crippen LogP contribution in [-0.2, 0) is 34.1 Å². The van der Waals surface area contributed by atoms with Crippen LogP contribution in [-0.4, -0.2) is 31.5 Å². The lowest BCUT2D eigenvalue weighted by atomic mass is 10.0. The maximum Gasteiger partial charge on any atom is 0.225 e. The Labute approximate surface area is 202 Å². The third-order valence-electron chi connectivity index (χ3n) is 5.74. The summed E-state index contributed by atoms with van der Waals surface area (Å²) >= 11 is 1.42. The van der Waals surface area contributed by atoms with Gasteiger partial charge in [0.05, 0.1) is 16.2 Å². The van der Waals surface area contributed by atoms with Crippen LogP contribution in [0, 0.1) is 17.1 Å². The highest BCUT2D eigenvalue weighted by Crippen LogP contribution is 2.37. The highest BCUT2D eigenvalue weighted by molar-refractivity contribution is 7.91. The van der Waals surface area contributed by atoms with Crippen LogP contribution in [0.2, 0.25) is 0 Å². The number of fused-ring (bicyclic) bond motifs is 1. The summed E-state index contributed by atoms with van der Waals surface area (Å²) < 4.78 is 37.8. The van der Waals surface area contributed by atoms with Crippen molar-refractivity contribution in [2.24, 2.45) is 0 Å². The molecular weight excluding hydrogens is 473 g/mol. The van der Waals surface area contributed by atoms with Crippen molar-refractivity contribution < 1.29 is 17.6 Å². The number of carbonyl (C=O) groups is 1. The van der Waals surface area contributed by atoms with Crippen LogP contribution >= 0.6 is 11.3 Å². The largest absolute Gasteiger partial charge is 0.317 e. The van der Waals surface area contributed by atoms with E-state index in [2.05, 4.69) is 28.4 Å². The van der Waals surface area contributed by atoms with Gasteiger partial charge in [0, 0.05) is 30.9 Å². The quantitative estimate of drug-likeness (QED) is 0.463. The van der Waals surface area contributed by atoms with E-state index in [1.165, 1.54) is 29.0 Å². The molecule has 4 rings (SSSR count). The van der Waals surface area contributed by atoms with Crippen LogP contribution in [0.1, 0.15) is 34.4 Å². The average molecular weight is 498 g/mol. The Morgan fingerprint density at radius 1 is 1.15 bits per heavy atom. The zero-order valence-electron chi connectivity index (χ0n) is 18.5. The van der Waals surface area contributed by atoms with Gasteiger partial charge in [-0.3, -0.25) is 9.69 Å². The fraction of sp³-hybridized carbons (Fsp3) is 0.280. The molecule has 0 spiro atoms. The molecular formula is C25H24FN3O3S2. The zero-order valence-corrected chi connectivity index (χ0v) is 20.1. The number of benzene rings is 2. The summed E-state index contributed by atoms with van der Waals surface area (Å²) in [6.45, 7) is 2.38. The summed E-state index contributed by atoms with van der Waals surface area (Å²) in [6.07, 6.45) is 0.880. The number of carbonyl (C=O) groups excluding carboxylic acids is 1. The number of thiophene rings is 1. The zero-order chi connectivity index (χ0) is 24.1. The second-order valence-corrected chi connectivity index (χ2v) is 11.4. The summed E-state index contributed by atoms with van der Waals surface area (Å²) in [5.74, 6) is -1.05. The third-order valence-corrected chi connectivity index (χ3v) is 8.69. The summed E-state index contributed by atoms with van der Waals surface area (Å²) in [6, 6.07) is 17.1. The topological polar surface area (TPSA) is 90.3 Å². The fourth-order valence-corrected chi connectivity index (χ4v) is 6.58. The molecule has 0 radical (unpaired) electrons. The van der Waals surface area contributed by atoms with Crippen molar-refractivity contribution in [3.63, 3.8) is 0 Å². The first-order chi connectivity index (χ1) is 16.4. The van der Waals surface area contributed by atoms with Gasteiger partial charge in [0.25, 0.3) is 0 Å². The number of hydrogen-bond acceptors (Lipinski definition) is 6. The summed E-state index contributed by atoms with van der Waals surface area (Å²) in [5, 5.41) is 13.0. The number of amides is 1. The molecule has 9 heteroatoms. The third kappa shape index (κ3) is 5.70. The van der Waals surface area contributed by atoms with Gasteiger partial charge in [-0.25, -0.2) is 12.8 Å². The van der Waals surface area contributed by atoms with Gasteiger partial charge in [-0.2, -0.15) is 5.26 Å². The minimum atomic E-state index is -3.59. The van der Waals surface area contributed by atoms with Crippen LogP contribution in [0.25, 0.3) is 0 Å². The predicted octanol–water partition coefficient (Wildman–Crippen LogP) is 4.51. The summed E-state index contributed by atoms with van der Waals surface area (Å²) in [4.78, 5) is 15.9. The molecule has 176 valence electrons. The number of halogens is 1. The van der Waals surface area contributed by atoms with Gasteiger partial charge in [-0.1, -0.05) is 30.3 Å². The molecule has 1 N–H and O–H groups in total.